The van der Waals surface area contributed by atoms with Crippen molar-refractivity contribution in [2.45, 2.75) is 45.3 Å². The number of hydrogen-bond donors (Lipinski definition) is 2. The average Bonchev–Trinajstić information content (AvgIpc) is 3.05. The molecule has 2 heterocycles. The smallest absolute Gasteiger partial charge is 0.326 e. The normalized spacial score (nSPS) is 18.2. The van der Waals surface area contributed by atoms with Gasteiger partial charge < -0.3 is 5.32 Å². The van der Waals surface area contributed by atoms with Gasteiger partial charge in [0, 0.05) is 18.7 Å². The molecule has 1 aliphatic rings. The number of aromatic nitrogens is 3. The number of halogens is 3. The van der Waals surface area contributed by atoms with E-state index < -0.39 is 11.7 Å². The van der Waals surface area contributed by atoms with Crippen molar-refractivity contribution in [2.24, 2.45) is 5.92 Å². The Hall–Kier alpha value is -2.42. The van der Waals surface area contributed by atoms with Gasteiger partial charge in [0.15, 0.2) is 5.82 Å². The molecule has 0 radical (unpaired) electrons. The highest BCUT2D eigenvalue weighted by Crippen LogP contribution is 2.30. The summed E-state index contributed by atoms with van der Waals surface area (Å²) in [6.45, 7) is 4.44. The number of nitrogens with one attached hydrogen (secondary N) is 2. The Labute approximate surface area is 161 Å². The van der Waals surface area contributed by atoms with Crippen LogP contribution in [0.15, 0.2) is 24.3 Å². The van der Waals surface area contributed by atoms with Crippen LogP contribution in [0.2, 0.25) is 0 Å². The maximum absolute atomic E-state index is 12.6. The number of carbonyl (C=O) groups is 1. The minimum atomic E-state index is -4.38. The molecule has 1 fully saturated rings. The molecule has 9 heteroatoms. The van der Waals surface area contributed by atoms with E-state index in [9.17, 15) is 18.0 Å². The molecule has 1 amide bonds. The van der Waals surface area contributed by atoms with Crippen LogP contribution >= 0.6 is 0 Å². The van der Waals surface area contributed by atoms with Gasteiger partial charge in [-0.3, -0.25) is 14.8 Å². The molecule has 1 saturated heterocycles. The van der Waals surface area contributed by atoms with Crippen LogP contribution in [-0.2, 0) is 17.5 Å². The quantitative estimate of drug-likeness (QED) is 0.781. The van der Waals surface area contributed by atoms with Crippen molar-refractivity contribution in [2.75, 3.05) is 18.4 Å². The molecule has 0 bridgehead atoms. The molecule has 1 aliphatic heterocycles. The number of amides is 1. The Kier molecular flexibility index (Phi) is 6.33. The summed E-state index contributed by atoms with van der Waals surface area (Å²) in [5.41, 5.74) is -0.349. The number of alkyl halides is 3. The summed E-state index contributed by atoms with van der Waals surface area (Å²) < 4.78 is 37.7. The van der Waals surface area contributed by atoms with Gasteiger partial charge >= 0.3 is 6.18 Å². The van der Waals surface area contributed by atoms with Crippen molar-refractivity contribution >= 4 is 11.6 Å². The van der Waals surface area contributed by atoms with Gasteiger partial charge in [0.05, 0.1) is 12.1 Å². The largest absolute Gasteiger partial charge is 0.416 e. The molecule has 6 nitrogen and oxygen atoms in total. The first-order valence-electron chi connectivity index (χ1n) is 9.37. The highest BCUT2D eigenvalue weighted by Gasteiger charge is 2.30. The van der Waals surface area contributed by atoms with Gasteiger partial charge in [-0.2, -0.15) is 18.3 Å². The summed E-state index contributed by atoms with van der Waals surface area (Å²) >= 11 is 0. The van der Waals surface area contributed by atoms with Crippen LogP contribution in [-0.4, -0.2) is 39.1 Å². The van der Waals surface area contributed by atoms with Crippen LogP contribution in [0.25, 0.3) is 0 Å². The third-order valence-corrected chi connectivity index (χ3v) is 4.89. The Morgan fingerprint density at radius 3 is 2.71 bits per heavy atom. The van der Waals surface area contributed by atoms with Crippen molar-refractivity contribution < 1.29 is 18.0 Å². The van der Waals surface area contributed by atoms with Crippen molar-refractivity contribution in [3.8, 4) is 0 Å². The van der Waals surface area contributed by atoms with Crippen LogP contribution < -0.4 is 5.32 Å². The van der Waals surface area contributed by atoms with Crippen molar-refractivity contribution in [3.63, 3.8) is 0 Å². The molecule has 2 aromatic rings. The number of rotatable bonds is 6. The lowest BCUT2D eigenvalue weighted by atomic mass is 9.93. The number of H-pyrrole nitrogens is 1. The van der Waals surface area contributed by atoms with Crippen molar-refractivity contribution in [1.82, 2.24) is 20.1 Å². The number of benzene rings is 1. The minimum Gasteiger partial charge on any atom is -0.326 e. The summed E-state index contributed by atoms with van der Waals surface area (Å²) in [4.78, 5) is 18.8. The van der Waals surface area contributed by atoms with Gasteiger partial charge in [0.1, 0.15) is 5.82 Å². The third-order valence-electron chi connectivity index (χ3n) is 4.89. The second-order valence-electron chi connectivity index (χ2n) is 7.24. The van der Waals surface area contributed by atoms with Crippen LogP contribution in [0.4, 0.5) is 18.9 Å². The highest BCUT2D eigenvalue weighted by molar-refractivity contribution is 5.90. The zero-order valence-corrected chi connectivity index (χ0v) is 15.7. The van der Waals surface area contributed by atoms with E-state index in [1.807, 2.05) is 6.92 Å². The second-order valence-corrected chi connectivity index (χ2v) is 7.24. The number of likely N-dealkylation sites (tertiary alicyclic amines) is 1. The van der Waals surface area contributed by atoms with Gasteiger partial charge in [-0.25, -0.2) is 4.98 Å². The average molecular weight is 395 g/mol. The Morgan fingerprint density at radius 1 is 1.32 bits per heavy atom. The third kappa shape index (κ3) is 5.79. The van der Waals surface area contributed by atoms with Crippen LogP contribution in [0.3, 0.4) is 0 Å². The summed E-state index contributed by atoms with van der Waals surface area (Å²) in [6.07, 6.45) is -1.15. The number of nitrogens with zero attached hydrogens (tertiary/aromatic N) is 3. The van der Waals surface area contributed by atoms with E-state index >= 15 is 0 Å². The van der Waals surface area contributed by atoms with E-state index in [4.69, 9.17) is 0 Å². The SMILES string of the molecule is Cc1nc(CN2CCC[C@H](CCC(=O)Nc3ccc(C(F)(F)F)cc3)C2)n[nH]1. The highest BCUT2D eigenvalue weighted by atomic mass is 19.4. The first-order valence-corrected chi connectivity index (χ1v) is 9.37. The molecule has 1 aromatic carbocycles. The van der Waals surface area contributed by atoms with Crippen LogP contribution in [0, 0.1) is 12.8 Å². The van der Waals surface area contributed by atoms with Crippen molar-refractivity contribution in [3.05, 3.63) is 41.5 Å². The molecule has 3 rings (SSSR count). The predicted octanol–water partition coefficient (Wildman–Crippen LogP) is 3.76. The first kappa shape index (κ1) is 20.3. The minimum absolute atomic E-state index is 0.179. The van der Waals surface area contributed by atoms with Gasteiger partial charge in [-0.05, 0) is 62.9 Å². The van der Waals surface area contributed by atoms with E-state index in [0.717, 1.165) is 56.1 Å². The molecule has 1 aromatic heterocycles. The predicted molar refractivity (Wildman–Crippen MR) is 98.4 cm³/mol. The van der Waals surface area contributed by atoms with E-state index in [1.54, 1.807) is 0 Å². The number of aryl methyl sites for hydroxylation is 1. The summed E-state index contributed by atoms with van der Waals surface area (Å²) in [5.74, 6) is 1.80. The maximum atomic E-state index is 12.6. The molecule has 0 unspecified atom stereocenters. The first-order chi connectivity index (χ1) is 13.3. The fourth-order valence-electron chi connectivity index (χ4n) is 3.49. The Balaban J connectivity index is 1.43. The summed E-state index contributed by atoms with van der Waals surface area (Å²) in [6, 6.07) is 4.50. The number of aromatic amines is 1. The second kappa shape index (κ2) is 8.72. The zero-order valence-electron chi connectivity index (χ0n) is 15.7. The summed E-state index contributed by atoms with van der Waals surface area (Å²) in [7, 11) is 0. The molecule has 28 heavy (non-hydrogen) atoms. The van der Waals surface area contributed by atoms with Crippen LogP contribution in [0.5, 0.6) is 0 Å². The van der Waals surface area contributed by atoms with Crippen molar-refractivity contribution in [1.29, 1.82) is 0 Å². The van der Waals surface area contributed by atoms with E-state index in [2.05, 4.69) is 25.4 Å². The Morgan fingerprint density at radius 2 is 2.07 bits per heavy atom. The fourth-order valence-corrected chi connectivity index (χ4v) is 3.49. The number of anilines is 1. The lowest BCUT2D eigenvalue weighted by molar-refractivity contribution is -0.137. The van der Waals surface area contributed by atoms with E-state index in [0.29, 0.717) is 24.6 Å². The van der Waals surface area contributed by atoms with Gasteiger partial charge in [0.25, 0.3) is 0 Å². The molecule has 0 saturated carbocycles. The standard InChI is InChI=1S/C19H24F3N5O/c1-13-23-17(26-25-13)12-27-10-2-3-14(11-27)4-9-18(28)24-16-7-5-15(6-8-16)19(20,21)22/h5-8,14H,2-4,9-12H2,1H3,(H,24,28)(H,23,25,26)/t14-/m1/s1. The van der Waals surface area contributed by atoms with E-state index in [1.165, 1.54) is 12.1 Å². The molecular weight excluding hydrogens is 371 g/mol. The maximum Gasteiger partial charge on any atom is 0.416 e. The molecule has 0 aliphatic carbocycles. The molecule has 2 N–H and O–H groups in total. The number of carbonyl (C=O) groups excluding carboxylic acids is 1. The number of piperidine rings is 1. The zero-order chi connectivity index (χ0) is 20.1. The number of hydrogen-bond acceptors (Lipinski definition) is 4. The monoisotopic (exact) mass is 395 g/mol. The molecule has 1 atom stereocenters. The lowest BCUT2D eigenvalue weighted by Gasteiger charge is -2.31. The van der Waals surface area contributed by atoms with E-state index in [-0.39, 0.29) is 5.91 Å². The topological polar surface area (TPSA) is 73.9 Å². The molecular formula is C19H24F3N5O. The summed E-state index contributed by atoms with van der Waals surface area (Å²) in [5, 5.41) is 9.68. The van der Waals surface area contributed by atoms with Gasteiger partial charge in [-0.15, -0.1) is 0 Å². The Bertz CT molecular complexity index is 788. The molecule has 152 valence electrons. The van der Waals surface area contributed by atoms with Gasteiger partial charge in [-0.1, -0.05) is 0 Å². The van der Waals surface area contributed by atoms with Gasteiger partial charge in [0.2, 0.25) is 5.91 Å². The lowest BCUT2D eigenvalue weighted by Crippen LogP contribution is -2.35. The fraction of sp³-hybridized carbons (Fsp3) is 0.526. The molecule has 0 spiro atoms. The van der Waals surface area contributed by atoms with Crippen LogP contribution in [0.1, 0.15) is 42.9 Å².